The number of amidine groups is 1. The van der Waals surface area contributed by atoms with E-state index in [1.54, 1.807) is 12.4 Å². The van der Waals surface area contributed by atoms with Crippen LogP contribution in [0.4, 0.5) is 5.82 Å². The zero-order valence-corrected chi connectivity index (χ0v) is 10.1. The fraction of sp³-hybridized carbons (Fsp3) is 0.545. The van der Waals surface area contributed by atoms with Gasteiger partial charge in [-0.3, -0.25) is 5.41 Å². The first-order valence-corrected chi connectivity index (χ1v) is 5.77. The van der Waals surface area contributed by atoms with E-state index < -0.39 is 0 Å². The second kappa shape index (κ2) is 5.09. The monoisotopic (exact) mass is 234 g/mol. The van der Waals surface area contributed by atoms with Crippen molar-refractivity contribution in [2.45, 2.75) is 6.42 Å². The molecule has 1 aromatic heterocycles. The SMILES string of the molecule is CN1CCCN(c2cnc(C(=N)N)cn2)CC1. The highest BCUT2D eigenvalue weighted by atomic mass is 15.2. The van der Waals surface area contributed by atoms with Gasteiger partial charge in [0.25, 0.3) is 0 Å². The molecule has 1 aromatic rings. The maximum Gasteiger partial charge on any atom is 0.147 e. The van der Waals surface area contributed by atoms with Gasteiger partial charge in [0.2, 0.25) is 0 Å². The third-order valence-corrected chi connectivity index (χ3v) is 2.96. The van der Waals surface area contributed by atoms with E-state index in [9.17, 15) is 0 Å². The lowest BCUT2D eigenvalue weighted by Crippen LogP contribution is -2.29. The van der Waals surface area contributed by atoms with Crippen molar-refractivity contribution in [3.05, 3.63) is 18.1 Å². The molecular weight excluding hydrogens is 216 g/mol. The van der Waals surface area contributed by atoms with Crippen molar-refractivity contribution in [2.75, 3.05) is 38.1 Å². The average Bonchev–Trinajstić information content (AvgIpc) is 2.54. The van der Waals surface area contributed by atoms with Crippen molar-refractivity contribution in [1.29, 1.82) is 5.41 Å². The first-order valence-electron chi connectivity index (χ1n) is 5.77. The second-order valence-corrected chi connectivity index (χ2v) is 4.32. The van der Waals surface area contributed by atoms with Crippen LogP contribution in [-0.2, 0) is 0 Å². The summed E-state index contributed by atoms with van der Waals surface area (Å²) < 4.78 is 0. The summed E-state index contributed by atoms with van der Waals surface area (Å²) in [4.78, 5) is 13.0. The van der Waals surface area contributed by atoms with E-state index in [4.69, 9.17) is 11.1 Å². The molecule has 0 amide bonds. The largest absolute Gasteiger partial charge is 0.382 e. The molecule has 1 aliphatic rings. The van der Waals surface area contributed by atoms with Gasteiger partial charge in [-0.15, -0.1) is 0 Å². The van der Waals surface area contributed by atoms with Crippen LogP contribution in [0.5, 0.6) is 0 Å². The van der Waals surface area contributed by atoms with Crippen molar-refractivity contribution in [2.24, 2.45) is 5.73 Å². The van der Waals surface area contributed by atoms with Crippen LogP contribution >= 0.6 is 0 Å². The van der Waals surface area contributed by atoms with E-state index in [1.807, 2.05) is 0 Å². The molecule has 0 aromatic carbocycles. The van der Waals surface area contributed by atoms with E-state index in [1.165, 1.54) is 0 Å². The number of anilines is 1. The van der Waals surface area contributed by atoms with Crippen LogP contribution in [0.3, 0.4) is 0 Å². The summed E-state index contributed by atoms with van der Waals surface area (Å²) in [5.74, 6) is 0.824. The Morgan fingerprint density at radius 1 is 1.24 bits per heavy atom. The molecule has 0 bridgehead atoms. The fourth-order valence-electron chi connectivity index (χ4n) is 1.90. The van der Waals surface area contributed by atoms with Gasteiger partial charge in [0.15, 0.2) is 0 Å². The fourth-order valence-corrected chi connectivity index (χ4v) is 1.90. The summed E-state index contributed by atoms with van der Waals surface area (Å²) in [6.45, 7) is 4.12. The number of nitrogens with one attached hydrogen (secondary N) is 1. The van der Waals surface area contributed by atoms with Gasteiger partial charge < -0.3 is 15.5 Å². The Labute approximate surface area is 101 Å². The molecule has 1 fully saturated rings. The first-order chi connectivity index (χ1) is 8.16. The van der Waals surface area contributed by atoms with Crippen LogP contribution in [0.1, 0.15) is 12.1 Å². The molecule has 6 nitrogen and oxygen atoms in total. The van der Waals surface area contributed by atoms with Gasteiger partial charge >= 0.3 is 0 Å². The van der Waals surface area contributed by atoms with Crippen LogP contribution in [0.2, 0.25) is 0 Å². The highest BCUT2D eigenvalue weighted by Gasteiger charge is 2.13. The van der Waals surface area contributed by atoms with E-state index in [0.717, 1.165) is 38.4 Å². The molecule has 0 atom stereocenters. The molecule has 2 heterocycles. The number of nitrogens with zero attached hydrogens (tertiary/aromatic N) is 4. The molecule has 6 heteroatoms. The van der Waals surface area contributed by atoms with E-state index in [0.29, 0.717) is 5.69 Å². The van der Waals surface area contributed by atoms with Gasteiger partial charge in [-0.1, -0.05) is 0 Å². The molecule has 2 rings (SSSR count). The normalized spacial score (nSPS) is 17.8. The van der Waals surface area contributed by atoms with Gasteiger partial charge in [-0.05, 0) is 20.0 Å². The molecule has 0 aliphatic carbocycles. The van der Waals surface area contributed by atoms with Gasteiger partial charge in [-0.25, -0.2) is 9.97 Å². The Hall–Kier alpha value is -1.69. The molecule has 17 heavy (non-hydrogen) atoms. The highest BCUT2D eigenvalue weighted by Crippen LogP contribution is 2.11. The van der Waals surface area contributed by atoms with Gasteiger partial charge in [0.05, 0.1) is 12.4 Å². The number of nitrogens with two attached hydrogens (primary N) is 1. The predicted octanol–water partition coefficient (Wildman–Crippen LogP) is -0.0974. The lowest BCUT2D eigenvalue weighted by Gasteiger charge is -2.21. The second-order valence-electron chi connectivity index (χ2n) is 4.32. The summed E-state index contributed by atoms with van der Waals surface area (Å²) in [7, 11) is 2.13. The van der Waals surface area contributed by atoms with Crippen LogP contribution < -0.4 is 10.6 Å². The molecular formula is C11H18N6. The van der Waals surface area contributed by atoms with Crippen molar-refractivity contribution in [1.82, 2.24) is 14.9 Å². The minimum absolute atomic E-state index is 0.0420. The number of hydrogen-bond acceptors (Lipinski definition) is 5. The Kier molecular flexibility index (Phi) is 3.53. The number of aromatic nitrogens is 2. The van der Waals surface area contributed by atoms with E-state index in [2.05, 4.69) is 26.8 Å². The van der Waals surface area contributed by atoms with Crippen LogP contribution in [0, 0.1) is 5.41 Å². The number of likely N-dealkylation sites (N-methyl/N-ethyl adjacent to an activating group) is 1. The maximum absolute atomic E-state index is 7.27. The van der Waals surface area contributed by atoms with Crippen molar-refractivity contribution >= 4 is 11.7 Å². The highest BCUT2D eigenvalue weighted by molar-refractivity contribution is 5.92. The number of hydrogen-bond donors (Lipinski definition) is 2. The zero-order chi connectivity index (χ0) is 12.3. The maximum atomic E-state index is 7.27. The van der Waals surface area contributed by atoms with Gasteiger partial charge in [-0.2, -0.15) is 0 Å². The minimum Gasteiger partial charge on any atom is -0.382 e. The molecule has 0 radical (unpaired) electrons. The third kappa shape index (κ3) is 2.91. The molecule has 1 saturated heterocycles. The average molecular weight is 234 g/mol. The summed E-state index contributed by atoms with van der Waals surface area (Å²) in [5.41, 5.74) is 5.78. The van der Waals surface area contributed by atoms with Crippen molar-refractivity contribution in [3.63, 3.8) is 0 Å². The lowest BCUT2D eigenvalue weighted by atomic mass is 10.4. The Balaban J connectivity index is 2.08. The molecule has 0 spiro atoms. The van der Waals surface area contributed by atoms with Crippen LogP contribution in [0.15, 0.2) is 12.4 Å². The predicted molar refractivity (Wildman–Crippen MR) is 67.4 cm³/mol. The quantitative estimate of drug-likeness (QED) is 0.551. The Bertz CT molecular complexity index is 387. The first kappa shape index (κ1) is 11.8. The van der Waals surface area contributed by atoms with Crippen molar-refractivity contribution < 1.29 is 0 Å². The Morgan fingerprint density at radius 2 is 2.06 bits per heavy atom. The smallest absolute Gasteiger partial charge is 0.147 e. The molecule has 92 valence electrons. The Morgan fingerprint density at radius 3 is 2.71 bits per heavy atom. The lowest BCUT2D eigenvalue weighted by molar-refractivity contribution is 0.360. The summed E-state index contributed by atoms with van der Waals surface area (Å²) in [5, 5.41) is 7.27. The standard InChI is InChI=1S/C11H18N6/c1-16-3-2-4-17(6-5-16)10-8-14-9(7-15-10)11(12)13/h7-8H,2-6H2,1H3,(H3,12,13). The van der Waals surface area contributed by atoms with Crippen molar-refractivity contribution in [3.8, 4) is 0 Å². The topological polar surface area (TPSA) is 82.1 Å². The third-order valence-electron chi connectivity index (χ3n) is 2.96. The van der Waals surface area contributed by atoms with Crippen LogP contribution in [0.25, 0.3) is 0 Å². The number of rotatable bonds is 2. The minimum atomic E-state index is -0.0420. The zero-order valence-electron chi connectivity index (χ0n) is 10.1. The molecule has 0 unspecified atom stereocenters. The summed E-state index contributed by atoms with van der Waals surface area (Å²) in [6, 6.07) is 0. The molecule has 0 saturated carbocycles. The van der Waals surface area contributed by atoms with Crippen LogP contribution in [-0.4, -0.2) is 53.9 Å². The molecule has 1 aliphatic heterocycles. The van der Waals surface area contributed by atoms with Gasteiger partial charge in [0, 0.05) is 19.6 Å². The summed E-state index contributed by atoms with van der Waals surface area (Å²) >= 11 is 0. The summed E-state index contributed by atoms with van der Waals surface area (Å²) in [6.07, 6.45) is 4.39. The molecule has 3 N–H and O–H groups in total. The van der Waals surface area contributed by atoms with Gasteiger partial charge in [0.1, 0.15) is 17.3 Å². The number of nitrogen functional groups attached to an aromatic ring is 1. The van der Waals surface area contributed by atoms with E-state index in [-0.39, 0.29) is 5.84 Å². The van der Waals surface area contributed by atoms with E-state index >= 15 is 0 Å².